The van der Waals surface area contributed by atoms with Gasteiger partial charge in [0, 0.05) is 18.5 Å². The zero-order valence-corrected chi connectivity index (χ0v) is 28.2. The van der Waals surface area contributed by atoms with E-state index in [4.69, 9.17) is 4.74 Å². The number of sulfonamides is 1. The summed E-state index contributed by atoms with van der Waals surface area (Å²) in [6, 6.07) is 29.4. The van der Waals surface area contributed by atoms with Crippen LogP contribution in [0.4, 0.5) is 5.69 Å². The number of carbonyl (C=O) groups excluding carboxylic acids is 2. The van der Waals surface area contributed by atoms with Crippen molar-refractivity contribution >= 4 is 27.5 Å². The van der Waals surface area contributed by atoms with Gasteiger partial charge in [-0.15, -0.1) is 0 Å². The molecule has 0 aliphatic heterocycles. The Bertz CT molecular complexity index is 1750. The van der Waals surface area contributed by atoms with Gasteiger partial charge in [-0.3, -0.25) is 13.9 Å². The predicted octanol–water partition coefficient (Wildman–Crippen LogP) is 6.06. The third-order valence-corrected chi connectivity index (χ3v) is 9.22. The van der Waals surface area contributed by atoms with Crippen LogP contribution in [0.15, 0.2) is 108 Å². The second-order valence-electron chi connectivity index (χ2n) is 12.5. The average molecular weight is 642 g/mol. The van der Waals surface area contributed by atoms with E-state index in [1.807, 2.05) is 89.2 Å². The fourth-order valence-corrected chi connectivity index (χ4v) is 6.63. The Hall–Kier alpha value is -4.63. The smallest absolute Gasteiger partial charge is 0.264 e. The number of hydrogen-bond acceptors (Lipinski definition) is 5. The number of amides is 2. The van der Waals surface area contributed by atoms with Crippen LogP contribution in [0.1, 0.15) is 43.0 Å². The highest BCUT2D eigenvalue weighted by molar-refractivity contribution is 7.92. The SMILES string of the molecule is COc1ccccc1N(CC(=O)N(Cc1cccc(C)c1)C(Cc1ccccc1)C(=O)NC(C)(C)C)S(=O)(=O)c1ccc(C)cc1. The number of ether oxygens (including phenoxy) is 1. The van der Waals surface area contributed by atoms with E-state index in [2.05, 4.69) is 5.32 Å². The summed E-state index contributed by atoms with van der Waals surface area (Å²) in [5.74, 6) is -0.571. The number of aryl methyl sites for hydroxylation is 2. The van der Waals surface area contributed by atoms with Gasteiger partial charge in [0.25, 0.3) is 10.0 Å². The number of nitrogens with one attached hydrogen (secondary N) is 1. The van der Waals surface area contributed by atoms with Crippen LogP contribution < -0.4 is 14.4 Å². The van der Waals surface area contributed by atoms with E-state index < -0.39 is 34.1 Å². The van der Waals surface area contributed by atoms with Crippen molar-refractivity contribution in [2.45, 2.75) is 64.1 Å². The van der Waals surface area contributed by atoms with Gasteiger partial charge >= 0.3 is 0 Å². The molecule has 242 valence electrons. The first-order valence-corrected chi connectivity index (χ1v) is 16.7. The van der Waals surface area contributed by atoms with Crippen LogP contribution in [0, 0.1) is 13.8 Å². The molecule has 0 radical (unpaired) electrons. The first-order chi connectivity index (χ1) is 21.8. The topological polar surface area (TPSA) is 96.0 Å². The average Bonchev–Trinajstić information content (AvgIpc) is 3.01. The molecule has 0 heterocycles. The molecule has 4 aromatic carbocycles. The summed E-state index contributed by atoms with van der Waals surface area (Å²) in [6.45, 7) is 9.02. The molecule has 4 aromatic rings. The molecule has 0 spiro atoms. The summed E-state index contributed by atoms with van der Waals surface area (Å²) < 4.78 is 35.2. The number of methoxy groups -OCH3 is 1. The molecule has 2 amide bonds. The van der Waals surface area contributed by atoms with Crippen molar-refractivity contribution in [3.8, 4) is 5.75 Å². The van der Waals surface area contributed by atoms with Gasteiger partial charge < -0.3 is 15.0 Å². The van der Waals surface area contributed by atoms with Crippen LogP contribution >= 0.6 is 0 Å². The van der Waals surface area contributed by atoms with E-state index in [-0.39, 0.29) is 29.5 Å². The highest BCUT2D eigenvalue weighted by atomic mass is 32.2. The van der Waals surface area contributed by atoms with Crippen molar-refractivity contribution in [3.05, 3.63) is 125 Å². The summed E-state index contributed by atoms with van der Waals surface area (Å²) in [4.78, 5) is 30.2. The summed E-state index contributed by atoms with van der Waals surface area (Å²) in [5.41, 5.74) is 3.24. The van der Waals surface area contributed by atoms with Gasteiger partial charge in [-0.1, -0.05) is 90.0 Å². The van der Waals surface area contributed by atoms with Gasteiger partial charge in [0.05, 0.1) is 17.7 Å². The van der Waals surface area contributed by atoms with Gasteiger partial charge in [0.2, 0.25) is 11.8 Å². The Kier molecular flexibility index (Phi) is 10.9. The molecule has 1 unspecified atom stereocenters. The molecule has 4 rings (SSSR count). The zero-order chi connectivity index (χ0) is 33.5. The molecule has 1 N–H and O–H groups in total. The minimum atomic E-state index is -4.24. The van der Waals surface area contributed by atoms with E-state index >= 15 is 0 Å². The summed E-state index contributed by atoms with van der Waals surface area (Å²) in [6.07, 6.45) is 0.236. The van der Waals surface area contributed by atoms with Crippen LogP contribution in [-0.2, 0) is 32.6 Å². The third-order valence-electron chi connectivity index (χ3n) is 7.45. The maximum atomic E-state index is 14.6. The first kappa shape index (κ1) is 34.2. The van der Waals surface area contributed by atoms with E-state index in [0.717, 1.165) is 26.6 Å². The van der Waals surface area contributed by atoms with E-state index in [9.17, 15) is 18.0 Å². The lowest BCUT2D eigenvalue weighted by molar-refractivity contribution is -0.140. The fraction of sp³-hybridized carbons (Fsp3) is 0.297. The molecule has 0 aromatic heterocycles. The summed E-state index contributed by atoms with van der Waals surface area (Å²) in [5, 5.41) is 3.05. The van der Waals surface area contributed by atoms with E-state index in [0.29, 0.717) is 5.75 Å². The minimum absolute atomic E-state index is 0.0355. The van der Waals surface area contributed by atoms with Crippen molar-refractivity contribution in [1.82, 2.24) is 10.2 Å². The molecule has 0 bridgehead atoms. The highest BCUT2D eigenvalue weighted by Crippen LogP contribution is 2.33. The monoisotopic (exact) mass is 641 g/mol. The molecular weight excluding hydrogens is 598 g/mol. The standard InChI is InChI=1S/C37H43N3O5S/c1-27-19-21-31(22-20-27)46(43,44)40(32-17-10-11-18-34(32)45-6)26-35(41)39(25-30-16-12-13-28(2)23-30)33(36(42)38-37(3,4)5)24-29-14-8-7-9-15-29/h7-23,33H,24-26H2,1-6H3,(H,38,42). The van der Waals surface area contributed by atoms with Crippen molar-refractivity contribution in [1.29, 1.82) is 0 Å². The van der Waals surface area contributed by atoms with E-state index in [1.54, 1.807) is 36.4 Å². The quantitative estimate of drug-likeness (QED) is 0.203. The Morgan fingerprint density at radius 1 is 0.804 bits per heavy atom. The Morgan fingerprint density at radius 2 is 1.43 bits per heavy atom. The molecular formula is C37H43N3O5S. The minimum Gasteiger partial charge on any atom is -0.495 e. The lowest BCUT2D eigenvalue weighted by Gasteiger charge is -2.35. The normalized spacial score (nSPS) is 12.2. The lowest BCUT2D eigenvalue weighted by Crippen LogP contribution is -2.56. The van der Waals surface area contributed by atoms with Gasteiger partial charge in [-0.25, -0.2) is 8.42 Å². The van der Waals surface area contributed by atoms with Gasteiger partial charge in [-0.2, -0.15) is 0 Å². The Balaban J connectivity index is 1.85. The lowest BCUT2D eigenvalue weighted by atomic mass is 10.0. The highest BCUT2D eigenvalue weighted by Gasteiger charge is 2.36. The third kappa shape index (κ3) is 8.75. The van der Waals surface area contributed by atoms with Crippen molar-refractivity contribution in [2.24, 2.45) is 0 Å². The zero-order valence-electron chi connectivity index (χ0n) is 27.4. The van der Waals surface area contributed by atoms with Crippen LogP contribution in [0.25, 0.3) is 0 Å². The van der Waals surface area contributed by atoms with Gasteiger partial charge in [-0.05, 0) is 70.0 Å². The molecule has 9 heteroatoms. The largest absolute Gasteiger partial charge is 0.495 e. The second-order valence-corrected chi connectivity index (χ2v) is 14.3. The van der Waals surface area contributed by atoms with Crippen molar-refractivity contribution < 1.29 is 22.7 Å². The summed E-state index contributed by atoms with van der Waals surface area (Å²) in [7, 11) is -2.79. The molecule has 46 heavy (non-hydrogen) atoms. The van der Waals surface area contributed by atoms with Crippen LogP contribution in [0.5, 0.6) is 5.75 Å². The van der Waals surface area contributed by atoms with Crippen LogP contribution in [0.3, 0.4) is 0 Å². The molecule has 0 aliphatic rings. The van der Waals surface area contributed by atoms with Crippen molar-refractivity contribution in [3.63, 3.8) is 0 Å². The van der Waals surface area contributed by atoms with Crippen LogP contribution in [-0.4, -0.2) is 50.4 Å². The predicted molar refractivity (Wildman–Crippen MR) is 182 cm³/mol. The first-order valence-electron chi connectivity index (χ1n) is 15.2. The number of carbonyl (C=O) groups is 2. The van der Waals surface area contributed by atoms with Gasteiger partial charge in [0.15, 0.2) is 0 Å². The number of para-hydroxylation sites is 2. The molecule has 0 fully saturated rings. The number of anilines is 1. The Labute approximate surface area is 273 Å². The van der Waals surface area contributed by atoms with E-state index in [1.165, 1.54) is 24.1 Å². The molecule has 8 nitrogen and oxygen atoms in total. The number of hydrogen-bond donors (Lipinski definition) is 1. The number of benzene rings is 4. The number of rotatable bonds is 12. The van der Waals surface area contributed by atoms with Crippen molar-refractivity contribution in [2.75, 3.05) is 18.0 Å². The number of nitrogens with zero attached hydrogens (tertiary/aromatic N) is 2. The second kappa shape index (κ2) is 14.6. The Morgan fingerprint density at radius 3 is 2.07 bits per heavy atom. The summed E-state index contributed by atoms with van der Waals surface area (Å²) >= 11 is 0. The van der Waals surface area contributed by atoms with Gasteiger partial charge in [0.1, 0.15) is 18.3 Å². The maximum absolute atomic E-state index is 14.6. The molecule has 1 atom stereocenters. The maximum Gasteiger partial charge on any atom is 0.264 e. The molecule has 0 saturated heterocycles. The van der Waals surface area contributed by atoms with Crippen LogP contribution in [0.2, 0.25) is 0 Å². The fourth-order valence-electron chi connectivity index (χ4n) is 5.20. The molecule has 0 aliphatic carbocycles. The molecule has 0 saturated carbocycles.